The first-order valence-corrected chi connectivity index (χ1v) is 7.15. The summed E-state index contributed by atoms with van der Waals surface area (Å²) in [6.07, 6.45) is 2.17. The Morgan fingerprint density at radius 1 is 0.895 bits per heavy atom. The average Bonchev–Trinajstić information content (AvgIpc) is 2.46. The van der Waals surface area contributed by atoms with Gasteiger partial charge >= 0.3 is 0 Å². The van der Waals surface area contributed by atoms with Crippen molar-refractivity contribution in [2.75, 3.05) is 5.32 Å². The lowest BCUT2D eigenvalue weighted by Gasteiger charge is -2.19. The van der Waals surface area contributed by atoms with E-state index in [-0.39, 0.29) is 0 Å². The van der Waals surface area contributed by atoms with Crippen LogP contribution in [0.5, 0.6) is 0 Å². The maximum absolute atomic E-state index is 3.62. The topological polar surface area (TPSA) is 12.0 Å². The standard InChI is InChI=1S/C18H23N/c1-4-15-8-12-17(13-9-15)19-18(5-2)16-10-6-14(3)7-11-16/h6-13,18-19H,4-5H2,1-3H3. The molecule has 0 aliphatic heterocycles. The van der Waals surface area contributed by atoms with Crippen LogP contribution in [0.1, 0.15) is 43.0 Å². The summed E-state index contributed by atoms with van der Waals surface area (Å²) in [5.74, 6) is 0. The third-order valence-corrected chi connectivity index (χ3v) is 3.59. The minimum atomic E-state index is 0.382. The number of nitrogens with one attached hydrogen (secondary N) is 1. The van der Waals surface area contributed by atoms with Gasteiger partial charge in [0.2, 0.25) is 0 Å². The Hall–Kier alpha value is -1.76. The smallest absolute Gasteiger partial charge is 0.0511 e. The van der Waals surface area contributed by atoms with Gasteiger partial charge in [0, 0.05) is 5.69 Å². The van der Waals surface area contributed by atoms with Crippen LogP contribution in [0.2, 0.25) is 0 Å². The van der Waals surface area contributed by atoms with Crippen LogP contribution in [0.25, 0.3) is 0 Å². The zero-order valence-electron chi connectivity index (χ0n) is 12.1. The zero-order chi connectivity index (χ0) is 13.7. The number of anilines is 1. The van der Waals surface area contributed by atoms with Gasteiger partial charge < -0.3 is 5.32 Å². The van der Waals surface area contributed by atoms with E-state index in [0.29, 0.717) is 6.04 Å². The van der Waals surface area contributed by atoms with Crippen molar-refractivity contribution in [2.24, 2.45) is 0 Å². The second-order valence-corrected chi connectivity index (χ2v) is 5.07. The van der Waals surface area contributed by atoms with Crippen LogP contribution >= 0.6 is 0 Å². The van der Waals surface area contributed by atoms with E-state index in [4.69, 9.17) is 0 Å². The number of rotatable bonds is 5. The SMILES string of the molecule is CCc1ccc(NC(CC)c2ccc(C)cc2)cc1. The minimum Gasteiger partial charge on any atom is -0.378 e. The fourth-order valence-electron chi connectivity index (χ4n) is 2.26. The van der Waals surface area contributed by atoms with E-state index in [1.807, 2.05) is 0 Å². The van der Waals surface area contributed by atoms with Gasteiger partial charge in [-0.3, -0.25) is 0 Å². The average molecular weight is 253 g/mol. The van der Waals surface area contributed by atoms with E-state index in [1.165, 1.54) is 22.4 Å². The normalized spacial score (nSPS) is 12.2. The van der Waals surface area contributed by atoms with Gasteiger partial charge in [0.25, 0.3) is 0 Å². The van der Waals surface area contributed by atoms with Gasteiger partial charge in [-0.2, -0.15) is 0 Å². The maximum Gasteiger partial charge on any atom is 0.0511 e. The predicted octanol–water partition coefficient (Wildman–Crippen LogP) is 5.12. The summed E-state index contributed by atoms with van der Waals surface area (Å²) in [6.45, 7) is 6.53. The summed E-state index contributed by atoms with van der Waals surface area (Å²) in [6, 6.07) is 17.9. The van der Waals surface area contributed by atoms with Crippen molar-refractivity contribution in [1.82, 2.24) is 0 Å². The van der Waals surface area contributed by atoms with Crippen molar-refractivity contribution in [1.29, 1.82) is 0 Å². The molecule has 0 aromatic heterocycles. The molecule has 1 N–H and O–H groups in total. The van der Waals surface area contributed by atoms with Gasteiger partial charge in [0.1, 0.15) is 0 Å². The predicted molar refractivity (Wildman–Crippen MR) is 83.7 cm³/mol. The highest BCUT2D eigenvalue weighted by Crippen LogP contribution is 2.23. The van der Waals surface area contributed by atoms with Gasteiger partial charge in [-0.15, -0.1) is 0 Å². The van der Waals surface area contributed by atoms with E-state index >= 15 is 0 Å². The Morgan fingerprint density at radius 2 is 1.53 bits per heavy atom. The summed E-state index contributed by atoms with van der Waals surface area (Å²) in [7, 11) is 0. The fourth-order valence-corrected chi connectivity index (χ4v) is 2.26. The van der Waals surface area contributed by atoms with Gasteiger partial charge in [-0.05, 0) is 43.0 Å². The van der Waals surface area contributed by atoms with Crippen molar-refractivity contribution in [3.63, 3.8) is 0 Å². The molecule has 0 fully saturated rings. The van der Waals surface area contributed by atoms with Gasteiger partial charge in [-0.25, -0.2) is 0 Å². The highest BCUT2D eigenvalue weighted by atomic mass is 14.9. The van der Waals surface area contributed by atoms with E-state index in [9.17, 15) is 0 Å². The van der Waals surface area contributed by atoms with Crippen LogP contribution in [0, 0.1) is 6.92 Å². The molecule has 0 spiro atoms. The minimum absolute atomic E-state index is 0.382. The molecule has 0 amide bonds. The summed E-state index contributed by atoms with van der Waals surface area (Å²) >= 11 is 0. The lowest BCUT2D eigenvalue weighted by molar-refractivity contribution is 0.749. The molecular weight excluding hydrogens is 230 g/mol. The van der Waals surface area contributed by atoms with Crippen LogP contribution in [-0.4, -0.2) is 0 Å². The highest BCUT2D eigenvalue weighted by Gasteiger charge is 2.08. The van der Waals surface area contributed by atoms with Crippen LogP contribution < -0.4 is 5.32 Å². The number of hydrogen-bond donors (Lipinski definition) is 1. The highest BCUT2D eigenvalue weighted by molar-refractivity contribution is 5.47. The molecule has 1 nitrogen and oxygen atoms in total. The molecule has 2 aromatic carbocycles. The Balaban J connectivity index is 2.11. The van der Waals surface area contributed by atoms with Crippen LogP contribution in [0.4, 0.5) is 5.69 Å². The third-order valence-electron chi connectivity index (χ3n) is 3.59. The lowest BCUT2D eigenvalue weighted by atomic mass is 10.0. The van der Waals surface area contributed by atoms with E-state index in [2.05, 4.69) is 74.6 Å². The molecule has 1 heteroatoms. The van der Waals surface area contributed by atoms with E-state index < -0.39 is 0 Å². The molecule has 0 aliphatic rings. The zero-order valence-corrected chi connectivity index (χ0v) is 12.1. The summed E-state index contributed by atoms with van der Waals surface area (Å²) < 4.78 is 0. The Labute approximate surface area is 116 Å². The molecule has 0 aliphatic carbocycles. The maximum atomic E-state index is 3.62. The van der Waals surface area contributed by atoms with Crippen molar-refractivity contribution < 1.29 is 0 Å². The first-order chi connectivity index (χ1) is 9.22. The molecule has 0 saturated heterocycles. The molecule has 0 bridgehead atoms. The van der Waals surface area contributed by atoms with Crippen LogP contribution in [0.3, 0.4) is 0 Å². The lowest BCUT2D eigenvalue weighted by Crippen LogP contribution is -2.09. The quantitative estimate of drug-likeness (QED) is 0.779. The molecule has 0 radical (unpaired) electrons. The molecule has 2 rings (SSSR count). The molecule has 1 unspecified atom stereocenters. The molecule has 2 aromatic rings. The molecular formula is C18H23N. The largest absolute Gasteiger partial charge is 0.378 e. The van der Waals surface area contributed by atoms with Crippen molar-refractivity contribution in [3.8, 4) is 0 Å². The Kier molecular flexibility index (Phi) is 4.62. The fraction of sp³-hybridized carbons (Fsp3) is 0.333. The van der Waals surface area contributed by atoms with Crippen molar-refractivity contribution >= 4 is 5.69 Å². The first-order valence-electron chi connectivity index (χ1n) is 7.15. The number of aryl methyl sites for hydroxylation is 2. The monoisotopic (exact) mass is 253 g/mol. The molecule has 1 atom stereocenters. The molecule has 19 heavy (non-hydrogen) atoms. The molecule has 100 valence electrons. The summed E-state index contributed by atoms with van der Waals surface area (Å²) in [5, 5.41) is 3.62. The van der Waals surface area contributed by atoms with E-state index in [0.717, 1.165) is 12.8 Å². The summed E-state index contributed by atoms with van der Waals surface area (Å²) in [5.41, 5.74) is 5.25. The van der Waals surface area contributed by atoms with Crippen LogP contribution in [0.15, 0.2) is 48.5 Å². The Bertz CT molecular complexity index is 496. The first kappa shape index (κ1) is 13.7. The molecule has 0 saturated carbocycles. The Morgan fingerprint density at radius 3 is 2.05 bits per heavy atom. The van der Waals surface area contributed by atoms with Gasteiger partial charge in [0.05, 0.1) is 6.04 Å². The van der Waals surface area contributed by atoms with Gasteiger partial charge in [-0.1, -0.05) is 55.8 Å². The number of hydrogen-bond acceptors (Lipinski definition) is 1. The second kappa shape index (κ2) is 6.42. The number of benzene rings is 2. The third kappa shape index (κ3) is 3.60. The summed E-state index contributed by atoms with van der Waals surface area (Å²) in [4.78, 5) is 0. The van der Waals surface area contributed by atoms with Crippen molar-refractivity contribution in [2.45, 2.75) is 39.7 Å². The van der Waals surface area contributed by atoms with Gasteiger partial charge in [0.15, 0.2) is 0 Å². The van der Waals surface area contributed by atoms with Crippen LogP contribution in [-0.2, 0) is 6.42 Å². The second-order valence-electron chi connectivity index (χ2n) is 5.07. The van der Waals surface area contributed by atoms with Crippen molar-refractivity contribution in [3.05, 3.63) is 65.2 Å². The molecule has 0 heterocycles. The van der Waals surface area contributed by atoms with E-state index in [1.54, 1.807) is 0 Å².